The number of likely N-dealkylation sites (tertiary alicyclic amines) is 1. The van der Waals surface area contributed by atoms with Crippen LogP contribution in [0.2, 0.25) is 0 Å². The standard InChI is InChI=1S/C29H36N4O5/c1-28(2,3)16-26(35)31-13-11-29(12-14-31)27(36)32(19-33(29)22-7-5-4-6-8-22)18-25(34)30-17-21-9-10-23-24(15-21)38-20-37-23/h4-10,15H,11-14,16-20H2,1-3H3,(H,30,34). The van der Waals surface area contributed by atoms with E-state index in [9.17, 15) is 14.4 Å². The molecule has 38 heavy (non-hydrogen) atoms. The maximum absolute atomic E-state index is 13.9. The lowest BCUT2D eigenvalue weighted by Gasteiger charge is -2.43. The van der Waals surface area contributed by atoms with Gasteiger partial charge in [0.25, 0.3) is 5.91 Å². The van der Waals surface area contributed by atoms with Gasteiger partial charge < -0.3 is 29.5 Å². The van der Waals surface area contributed by atoms with Crippen molar-refractivity contribution in [2.75, 3.05) is 38.0 Å². The number of benzene rings is 2. The molecule has 0 atom stereocenters. The Balaban J connectivity index is 1.26. The van der Waals surface area contributed by atoms with E-state index in [1.807, 2.05) is 53.4 Å². The number of piperidine rings is 1. The third-order valence-electron chi connectivity index (χ3n) is 7.47. The van der Waals surface area contributed by atoms with Gasteiger partial charge in [0.05, 0.1) is 6.67 Å². The van der Waals surface area contributed by atoms with Crippen LogP contribution in [0.15, 0.2) is 48.5 Å². The van der Waals surface area contributed by atoms with Crippen molar-refractivity contribution in [2.24, 2.45) is 5.41 Å². The van der Waals surface area contributed by atoms with Crippen LogP contribution in [0, 0.1) is 5.41 Å². The number of nitrogens with zero attached hydrogens (tertiary/aromatic N) is 3. The molecule has 0 bridgehead atoms. The molecular weight excluding hydrogens is 484 g/mol. The van der Waals surface area contributed by atoms with Crippen LogP contribution in [0.3, 0.4) is 0 Å². The largest absolute Gasteiger partial charge is 0.454 e. The molecule has 0 saturated carbocycles. The van der Waals surface area contributed by atoms with E-state index in [2.05, 4.69) is 31.0 Å². The SMILES string of the molecule is CC(C)(C)CC(=O)N1CCC2(CC1)C(=O)N(CC(=O)NCc1ccc3c(c1)OCO3)CN2c1ccccc1. The van der Waals surface area contributed by atoms with Gasteiger partial charge in [0.2, 0.25) is 18.6 Å². The average molecular weight is 521 g/mol. The third-order valence-corrected chi connectivity index (χ3v) is 7.47. The predicted molar refractivity (Wildman–Crippen MR) is 143 cm³/mol. The normalized spacial score (nSPS) is 18.3. The van der Waals surface area contributed by atoms with Crippen LogP contribution in [0.25, 0.3) is 0 Å². The van der Waals surface area contributed by atoms with Crippen LogP contribution in [-0.2, 0) is 20.9 Å². The molecule has 9 heteroatoms. The molecule has 2 saturated heterocycles. The van der Waals surface area contributed by atoms with Gasteiger partial charge in [-0.25, -0.2) is 0 Å². The number of para-hydroxylation sites is 1. The van der Waals surface area contributed by atoms with Gasteiger partial charge in [-0.1, -0.05) is 45.0 Å². The van der Waals surface area contributed by atoms with Gasteiger partial charge >= 0.3 is 0 Å². The van der Waals surface area contributed by atoms with Crippen LogP contribution < -0.4 is 19.7 Å². The van der Waals surface area contributed by atoms with Crippen molar-refractivity contribution in [3.8, 4) is 11.5 Å². The zero-order chi connectivity index (χ0) is 26.9. The van der Waals surface area contributed by atoms with Gasteiger partial charge in [-0.05, 0) is 48.1 Å². The number of nitrogens with one attached hydrogen (secondary N) is 1. The minimum atomic E-state index is -0.766. The molecule has 2 aromatic carbocycles. The number of hydrogen-bond acceptors (Lipinski definition) is 6. The van der Waals surface area contributed by atoms with Crippen molar-refractivity contribution < 1.29 is 23.9 Å². The van der Waals surface area contributed by atoms with E-state index in [4.69, 9.17) is 9.47 Å². The first kappa shape index (κ1) is 25.9. The highest BCUT2D eigenvalue weighted by molar-refractivity contribution is 5.96. The molecule has 1 spiro atoms. The summed E-state index contributed by atoms with van der Waals surface area (Å²) in [7, 11) is 0. The van der Waals surface area contributed by atoms with Gasteiger partial charge in [-0.2, -0.15) is 0 Å². The molecule has 5 rings (SSSR count). The van der Waals surface area contributed by atoms with E-state index in [1.54, 1.807) is 4.90 Å². The fourth-order valence-corrected chi connectivity index (χ4v) is 5.49. The Hall–Kier alpha value is -3.75. The molecule has 0 aliphatic carbocycles. The van der Waals surface area contributed by atoms with Gasteiger partial charge in [0.1, 0.15) is 12.1 Å². The average Bonchev–Trinajstić information content (AvgIpc) is 3.46. The first-order valence-electron chi connectivity index (χ1n) is 13.2. The Morgan fingerprint density at radius 1 is 1.00 bits per heavy atom. The number of fused-ring (bicyclic) bond motifs is 1. The summed E-state index contributed by atoms with van der Waals surface area (Å²) < 4.78 is 10.8. The second-order valence-corrected chi connectivity index (χ2v) is 11.5. The Morgan fingerprint density at radius 2 is 1.71 bits per heavy atom. The maximum atomic E-state index is 13.9. The van der Waals surface area contributed by atoms with Crippen molar-refractivity contribution in [1.29, 1.82) is 0 Å². The summed E-state index contributed by atoms with van der Waals surface area (Å²) in [6.45, 7) is 8.05. The lowest BCUT2D eigenvalue weighted by molar-refractivity contribution is -0.140. The molecule has 9 nitrogen and oxygen atoms in total. The molecule has 202 valence electrons. The monoisotopic (exact) mass is 520 g/mol. The van der Waals surface area contributed by atoms with E-state index in [0.29, 0.717) is 57.1 Å². The lowest BCUT2D eigenvalue weighted by Crippen LogP contribution is -2.57. The molecule has 3 aliphatic heterocycles. The summed E-state index contributed by atoms with van der Waals surface area (Å²) in [4.78, 5) is 45.3. The van der Waals surface area contributed by atoms with Crippen LogP contribution in [-0.4, -0.2) is 66.2 Å². The zero-order valence-corrected chi connectivity index (χ0v) is 22.4. The van der Waals surface area contributed by atoms with Crippen molar-refractivity contribution in [2.45, 2.75) is 52.1 Å². The Labute approximate surface area is 223 Å². The van der Waals surface area contributed by atoms with E-state index in [0.717, 1.165) is 11.3 Å². The van der Waals surface area contributed by atoms with E-state index < -0.39 is 5.54 Å². The number of carbonyl (C=O) groups is 3. The van der Waals surface area contributed by atoms with Crippen molar-refractivity contribution in [1.82, 2.24) is 15.1 Å². The van der Waals surface area contributed by atoms with Crippen LogP contribution in [0.1, 0.15) is 45.6 Å². The number of anilines is 1. The Bertz CT molecular complexity index is 1200. The third kappa shape index (κ3) is 5.28. The number of ether oxygens (including phenoxy) is 2. The Morgan fingerprint density at radius 3 is 2.42 bits per heavy atom. The van der Waals surface area contributed by atoms with E-state index in [-0.39, 0.29) is 36.5 Å². The summed E-state index contributed by atoms with van der Waals surface area (Å²) in [5.74, 6) is 1.21. The minimum absolute atomic E-state index is 0.0266. The highest BCUT2D eigenvalue weighted by Gasteiger charge is 2.54. The summed E-state index contributed by atoms with van der Waals surface area (Å²) in [6.07, 6.45) is 1.55. The van der Waals surface area contributed by atoms with Crippen molar-refractivity contribution in [3.05, 3.63) is 54.1 Å². The number of rotatable bonds is 6. The topological polar surface area (TPSA) is 91.4 Å². The lowest BCUT2D eigenvalue weighted by atomic mass is 9.84. The molecule has 0 aromatic heterocycles. The summed E-state index contributed by atoms with van der Waals surface area (Å²) in [6, 6.07) is 15.4. The smallest absolute Gasteiger partial charge is 0.250 e. The predicted octanol–water partition coefficient (Wildman–Crippen LogP) is 3.14. The van der Waals surface area contributed by atoms with Gasteiger partial charge in [0, 0.05) is 31.7 Å². The van der Waals surface area contributed by atoms with Crippen LogP contribution >= 0.6 is 0 Å². The van der Waals surface area contributed by atoms with Gasteiger partial charge in [0.15, 0.2) is 11.5 Å². The molecule has 0 radical (unpaired) electrons. The molecule has 1 N–H and O–H groups in total. The molecule has 2 aromatic rings. The number of carbonyl (C=O) groups excluding carboxylic acids is 3. The fourth-order valence-electron chi connectivity index (χ4n) is 5.49. The highest BCUT2D eigenvalue weighted by atomic mass is 16.7. The second-order valence-electron chi connectivity index (χ2n) is 11.5. The quantitative estimate of drug-likeness (QED) is 0.629. The molecule has 3 aliphatic rings. The van der Waals surface area contributed by atoms with E-state index >= 15 is 0 Å². The van der Waals surface area contributed by atoms with Crippen LogP contribution in [0.5, 0.6) is 11.5 Å². The van der Waals surface area contributed by atoms with Gasteiger partial charge in [-0.15, -0.1) is 0 Å². The van der Waals surface area contributed by atoms with Crippen molar-refractivity contribution in [3.63, 3.8) is 0 Å². The highest BCUT2D eigenvalue weighted by Crippen LogP contribution is 2.40. The first-order chi connectivity index (χ1) is 18.1. The van der Waals surface area contributed by atoms with E-state index in [1.165, 1.54) is 0 Å². The molecule has 0 unspecified atom stereocenters. The Kier molecular flexibility index (Phi) is 6.94. The van der Waals surface area contributed by atoms with Crippen molar-refractivity contribution >= 4 is 23.4 Å². The minimum Gasteiger partial charge on any atom is -0.454 e. The molecule has 3 heterocycles. The second kappa shape index (κ2) is 10.2. The summed E-state index contributed by atoms with van der Waals surface area (Å²) in [5, 5.41) is 2.93. The summed E-state index contributed by atoms with van der Waals surface area (Å²) >= 11 is 0. The fraction of sp³-hybridized carbons (Fsp3) is 0.483. The van der Waals surface area contributed by atoms with Gasteiger partial charge in [-0.3, -0.25) is 14.4 Å². The number of hydrogen-bond donors (Lipinski definition) is 1. The van der Waals surface area contributed by atoms with Crippen LogP contribution in [0.4, 0.5) is 5.69 Å². The zero-order valence-electron chi connectivity index (χ0n) is 22.4. The molecular formula is C29H36N4O5. The summed E-state index contributed by atoms with van der Waals surface area (Å²) in [5.41, 5.74) is 0.983. The maximum Gasteiger partial charge on any atom is 0.250 e. The number of amides is 3. The first-order valence-corrected chi connectivity index (χ1v) is 13.2. The molecule has 3 amide bonds. The molecule has 2 fully saturated rings.